The summed E-state index contributed by atoms with van der Waals surface area (Å²) in [4.78, 5) is 13.1. The van der Waals surface area contributed by atoms with Gasteiger partial charge in [0, 0.05) is 29.9 Å². The highest BCUT2D eigenvalue weighted by Gasteiger charge is 2.31. The number of imidazole rings is 1. The average molecular weight is 254 g/mol. The number of aliphatic imine (C=N–C) groups is 2. The highest BCUT2D eigenvalue weighted by molar-refractivity contribution is 6.10. The molecule has 0 spiro atoms. The molecule has 3 rings (SSSR count). The van der Waals surface area contributed by atoms with E-state index in [0.717, 1.165) is 12.1 Å². The number of rotatable bonds is 1. The van der Waals surface area contributed by atoms with Crippen molar-refractivity contribution in [3.63, 3.8) is 0 Å². The first-order chi connectivity index (χ1) is 9.05. The Labute approximate surface area is 113 Å². The minimum absolute atomic E-state index is 0.0525. The Morgan fingerprint density at radius 2 is 2.11 bits per heavy atom. The van der Waals surface area contributed by atoms with E-state index in [9.17, 15) is 0 Å². The van der Waals surface area contributed by atoms with Gasteiger partial charge in [-0.25, -0.2) is 9.98 Å². The number of nitrogens with zero attached hydrogens (tertiary/aromatic N) is 4. The lowest BCUT2D eigenvalue weighted by Crippen LogP contribution is -2.32. The van der Waals surface area contributed by atoms with E-state index in [-0.39, 0.29) is 11.5 Å². The molecule has 1 aromatic rings. The first-order valence-corrected chi connectivity index (χ1v) is 6.55. The highest BCUT2D eigenvalue weighted by atomic mass is 15.0. The molecule has 0 N–H and O–H groups in total. The summed E-state index contributed by atoms with van der Waals surface area (Å²) in [5, 5.41) is 0. The number of allylic oxidation sites excluding steroid dienone is 2. The third-order valence-corrected chi connectivity index (χ3v) is 3.47. The van der Waals surface area contributed by atoms with E-state index in [4.69, 9.17) is 0 Å². The van der Waals surface area contributed by atoms with Gasteiger partial charge in [0.2, 0.25) is 0 Å². The van der Waals surface area contributed by atoms with E-state index in [1.54, 1.807) is 12.5 Å². The predicted octanol–water partition coefficient (Wildman–Crippen LogP) is 2.95. The molecular formula is C15H18N4. The molecule has 0 radical (unpaired) electrons. The van der Waals surface area contributed by atoms with Crippen LogP contribution in [0.2, 0.25) is 0 Å². The van der Waals surface area contributed by atoms with Gasteiger partial charge in [-0.3, -0.25) is 4.99 Å². The first kappa shape index (κ1) is 12.1. The van der Waals surface area contributed by atoms with Gasteiger partial charge in [-0.15, -0.1) is 0 Å². The van der Waals surface area contributed by atoms with Crippen molar-refractivity contribution >= 4 is 17.7 Å². The van der Waals surface area contributed by atoms with Crippen molar-refractivity contribution in [1.29, 1.82) is 0 Å². The normalized spacial score (nSPS) is 22.5. The quantitative estimate of drug-likeness (QED) is 0.759. The summed E-state index contributed by atoms with van der Waals surface area (Å²) in [5.41, 5.74) is 3.67. The van der Waals surface area contributed by atoms with Crippen molar-refractivity contribution in [1.82, 2.24) is 9.55 Å². The number of hydrogen-bond acceptors (Lipinski definition) is 3. The molecule has 1 aromatic heterocycles. The summed E-state index contributed by atoms with van der Waals surface area (Å²) < 4.78 is 2.05. The van der Waals surface area contributed by atoms with Gasteiger partial charge in [-0.05, 0) is 11.6 Å². The van der Waals surface area contributed by atoms with Crippen molar-refractivity contribution in [2.75, 3.05) is 0 Å². The molecule has 1 aliphatic heterocycles. The van der Waals surface area contributed by atoms with Crippen LogP contribution in [0.3, 0.4) is 0 Å². The molecule has 1 atom stereocenters. The van der Waals surface area contributed by atoms with Crippen LogP contribution in [0, 0.1) is 5.41 Å². The summed E-state index contributed by atoms with van der Waals surface area (Å²) in [7, 11) is 0. The van der Waals surface area contributed by atoms with Crippen LogP contribution in [-0.2, 0) is 0 Å². The molecule has 1 aliphatic carbocycles. The molecule has 1 unspecified atom stereocenters. The number of fused-ring (bicyclic) bond motifs is 1. The van der Waals surface area contributed by atoms with Gasteiger partial charge in [-0.2, -0.15) is 0 Å². The number of aromatic nitrogens is 2. The third kappa shape index (κ3) is 2.18. The van der Waals surface area contributed by atoms with Crippen LogP contribution in [0.5, 0.6) is 0 Å². The minimum Gasteiger partial charge on any atom is -0.310 e. The average Bonchev–Trinajstić information content (AvgIpc) is 2.90. The monoisotopic (exact) mass is 254 g/mol. The summed E-state index contributed by atoms with van der Waals surface area (Å²) in [5.74, 6) is 0. The lowest BCUT2D eigenvalue weighted by molar-refractivity contribution is 0.582. The van der Waals surface area contributed by atoms with Crippen LogP contribution >= 0.6 is 0 Å². The van der Waals surface area contributed by atoms with E-state index in [1.807, 2.05) is 17.1 Å². The fourth-order valence-electron chi connectivity index (χ4n) is 2.54. The molecule has 0 fully saturated rings. The van der Waals surface area contributed by atoms with Crippen LogP contribution in [0.4, 0.5) is 0 Å². The fraction of sp³-hybridized carbons (Fsp3) is 0.400. The maximum atomic E-state index is 4.52. The molecule has 2 aliphatic rings. The Balaban J connectivity index is 1.98. The van der Waals surface area contributed by atoms with Crippen molar-refractivity contribution in [2.45, 2.75) is 33.2 Å². The van der Waals surface area contributed by atoms with Gasteiger partial charge in [0.05, 0.1) is 18.1 Å². The van der Waals surface area contributed by atoms with Crippen molar-refractivity contribution in [3.05, 3.63) is 36.4 Å². The second-order valence-corrected chi connectivity index (χ2v) is 5.96. The molecule has 98 valence electrons. The molecule has 0 amide bonds. The molecule has 19 heavy (non-hydrogen) atoms. The largest absolute Gasteiger partial charge is 0.310 e. The Morgan fingerprint density at radius 1 is 1.26 bits per heavy atom. The van der Waals surface area contributed by atoms with E-state index >= 15 is 0 Å². The third-order valence-electron chi connectivity index (χ3n) is 3.47. The smallest absolute Gasteiger partial charge is 0.110 e. The molecule has 0 saturated carbocycles. The van der Waals surface area contributed by atoms with E-state index < -0.39 is 0 Å². The van der Waals surface area contributed by atoms with Crippen LogP contribution in [0.15, 0.2) is 46.4 Å². The molecule has 2 heterocycles. The van der Waals surface area contributed by atoms with Crippen molar-refractivity contribution < 1.29 is 0 Å². The molecule has 0 bridgehead atoms. The predicted molar refractivity (Wildman–Crippen MR) is 78.4 cm³/mol. The zero-order valence-electron chi connectivity index (χ0n) is 11.5. The fourth-order valence-corrected chi connectivity index (χ4v) is 2.54. The molecule has 0 saturated heterocycles. The summed E-state index contributed by atoms with van der Waals surface area (Å²) in [6.07, 6.45) is 12.5. The number of hydrogen-bond donors (Lipinski definition) is 0. The van der Waals surface area contributed by atoms with Gasteiger partial charge in [0.25, 0.3) is 0 Å². The van der Waals surface area contributed by atoms with Crippen molar-refractivity contribution in [2.24, 2.45) is 15.4 Å². The van der Waals surface area contributed by atoms with Gasteiger partial charge in [0.1, 0.15) is 6.34 Å². The van der Waals surface area contributed by atoms with E-state index in [0.29, 0.717) is 0 Å². The molecule has 4 heteroatoms. The second kappa shape index (κ2) is 4.30. The zero-order valence-corrected chi connectivity index (χ0v) is 11.5. The summed E-state index contributed by atoms with van der Waals surface area (Å²) in [6, 6.07) is 0.189. The van der Waals surface area contributed by atoms with Crippen LogP contribution in [0.25, 0.3) is 5.70 Å². The Bertz CT molecular complexity index is 595. The lowest BCUT2D eigenvalue weighted by atomic mass is 9.80. The topological polar surface area (TPSA) is 42.5 Å². The van der Waals surface area contributed by atoms with Crippen molar-refractivity contribution in [3.8, 4) is 0 Å². The molecular weight excluding hydrogens is 236 g/mol. The van der Waals surface area contributed by atoms with Crippen LogP contribution in [0.1, 0.15) is 27.2 Å². The van der Waals surface area contributed by atoms with E-state index in [1.165, 1.54) is 11.3 Å². The minimum atomic E-state index is 0.0525. The molecule has 0 aromatic carbocycles. The van der Waals surface area contributed by atoms with Crippen LogP contribution in [-0.4, -0.2) is 27.6 Å². The maximum Gasteiger partial charge on any atom is 0.110 e. The zero-order chi connectivity index (χ0) is 13.5. The Kier molecular flexibility index (Phi) is 2.73. The Morgan fingerprint density at radius 3 is 2.79 bits per heavy atom. The highest BCUT2D eigenvalue weighted by Crippen LogP contribution is 2.33. The standard InChI is InChI=1S/C15H18N4/c1-15(2,3)14-12-5-4-11(19-7-6-16-10-19)8-13(12)17-9-18-14/h4-7,9-10,13H,8H2,1-3H3. The summed E-state index contributed by atoms with van der Waals surface area (Å²) >= 11 is 0. The van der Waals surface area contributed by atoms with Crippen LogP contribution < -0.4 is 0 Å². The van der Waals surface area contributed by atoms with Gasteiger partial charge < -0.3 is 4.57 Å². The Hall–Kier alpha value is -1.97. The maximum absolute atomic E-state index is 4.52. The van der Waals surface area contributed by atoms with Gasteiger partial charge in [0.15, 0.2) is 0 Å². The van der Waals surface area contributed by atoms with E-state index in [2.05, 4.69) is 47.9 Å². The second-order valence-electron chi connectivity index (χ2n) is 5.96. The lowest BCUT2D eigenvalue weighted by Gasteiger charge is -2.31. The first-order valence-electron chi connectivity index (χ1n) is 6.55. The SMILES string of the molecule is CC(C)(C)C1=NC=NC2CC(n3ccnc3)=CC=C12. The van der Waals surface area contributed by atoms with Gasteiger partial charge in [-0.1, -0.05) is 26.8 Å². The molecule has 4 nitrogen and oxygen atoms in total. The van der Waals surface area contributed by atoms with Gasteiger partial charge >= 0.3 is 0 Å². The summed E-state index contributed by atoms with van der Waals surface area (Å²) in [6.45, 7) is 6.58.